The van der Waals surface area contributed by atoms with Crippen molar-refractivity contribution in [2.75, 3.05) is 6.54 Å². The van der Waals surface area contributed by atoms with E-state index in [2.05, 4.69) is 12.2 Å². The molecule has 0 bridgehead atoms. The first-order valence-corrected chi connectivity index (χ1v) is 7.78. The van der Waals surface area contributed by atoms with Crippen molar-refractivity contribution in [1.82, 2.24) is 5.32 Å². The highest BCUT2D eigenvalue weighted by molar-refractivity contribution is 7.15. The summed E-state index contributed by atoms with van der Waals surface area (Å²) in [5.41, 5.74) is -0.317. The molecule has 0 aliphatic heterocycles. The molecule has 1 N–H and O–H groups in total. The summed E-state index contributed by atoms with van der Waals surface area (Å²) in [6.07, 6.45) is -3.42. The van der Waals surface area contributed by atoms with Gasteiger partial charge in [0, 0.05) is 21.4 Å². The number of hydrogen-bond donors (Lipinski definition) is 1. The van der Waals surface area contributed by atoms with Crippen molar-refractivity contribution >= 4 is 11.3 Å². The molecule has 1 aromatic heterocycles. The first-order chi connectivity index (χ1) is 9.97. The molecule has 0 amide bonds. The van der Waals surface area contributed by atoms with Gasteiger partial charge in [0.2, 0.25) is 0 Å². The molecule has 21 heavy (non-hydrogen) atoms. The molecule has 0 aliphatic carbocycles. The molecule has 5 heteroatoms. The third kappa shape index (κ3) is 3.66. The number of nitrogens with one attached hydrogen (secondary N) is 1. The van der Waals surface area contributed by atoms with E-state index in [4.69, 9.17) is 0 Å². The van der Waals surface area contributed by atoms with Crippen LogP contribution in [-0.2, 0) is 6.18 Å². The van der Waals surface area contributed by atoms with Gasteiger partial charge < -0.3 is 5.32 Å². The highest BCUT2D eigenvalue weighted by atomic mass is 32.1. The average Bonchev–Trinajstić information content (AvgIpc) is 2.93. The van der Waals surface area contributed by atoms with E-state index < -0.39 is 11.7 Å². The van der Waals surface area contributed by atoms with E-state index in [1.807, 2.05) is 13.0 Å². The minimum absolute atomic E-state index is 0.201. The monoisotopic (exact) mass is 313 g/mol. The van der Waals surface area contributed by atoms with Gasteiger partial charge in [0.05, 0.1) is 5.56 Å². The molecule has 2 aromatic rings. The summed E-state index contributed by atoms with van der Waals surface area (Å²) in [4.78, 5) is 1.74. The number of hydrogen-bond acceptors (Lipinski definition) is 2. The van der Waals surface area contributed by atoms with Crippen molar-refractivity contribution < 1.29 is 13.2 Å². The van der Waals surface area contributed by atoms with E-state index in [1.165, 1.54) is 23.5 Å². The van der Waals surface area contributed by atoms with Gasteiger partial charge in [0.1, 0.15) is 0 Å². The summed E-state index contributed by atoms with van der Waals surface area (Å²) in [6, 6.07) is 9.64. The number of alkyl halides is 3. The molecular weight excluding hydrogens is 295 g/mol. The van der Waals surface area contributed by atoms with Crippen LogP contribution in [-0.4, -0.2) is 6.54 Å². The lowest BCUT2D eigenvalue weighted by atomic mass is 10.1. The molecule has 1 unspecified atom stereocenters. The predicted molar refractivity (Wildman–Crippen MR) is 81.5 cm³/mol. The lowest BCUT2D eigenvalue weighted by Gasteiger charge is -2.14. The minimum atomic E-state index is -4.33. The van der Waals surface area contributed by atoms with Crippen LogP contribution in [0.25, 0.3) is 10.4 Å². The van der Waals surface area contributed by atoms with Crippen LogP contribution in [0.1, 0.15) is 36.8 Å². The molecule has 0 saturated heterocycles. The molecule has 0 radical (unpaired) electrons. The number of rotatable bonds is 5. The van der Waals surface area contributed by atoms with E-state index >= 15 is 0 Å². The van der Waals surface area contributed by atoms with Gasteiger partial charge in [-0.3, -0.25) is 0 Å². The molecular formula is C16H18F3NS. The van der Waals surface area contributed by atoms with Crippen LogP contribution in [0.2, 0.25) is 0 Å². The van der Waals surface area contributed by atoms with Gasteiger partial charge in [-0.15, -0.1) is 11.3 Å². The van der Waals surface area contributed by atoms with Crippen molar-refractivity contribution in [3.05, 3.63) is 46.8 Å². The van der Waals surface area contributed by atoms with Crippen LogP contribution in [0.5, 0.6) is 0 Å². The summed E-state index contributed by atoms with van der Waals surface area (Å²) >= 11 is 1.43. The summed E-state index contributed by atoms with van der Waals surface area (Å²) < 4.78 is 39.2. The van der Waals surface area contributed by atoms with Gasteiger partial charge in [-0.1, -0.05) is 32.0 Å². The van der Waals surface area contributed by atoms with Crippen molar-refractivity contribution in [3.8, 4) is 10.4 Å². The lowest BCUT2D eigenvalue weighted by molar-refractivity contribution is -0.137. The maximum atomic E-state index is 13.1. The van der Waals surface area contributed by atoms with E-state index in [0.29, 0.717) is 4.88 Å². The number of benzene rings is 1. The van der Waals surface area contributed by atoms with Crippen LogP contribution in [0.3, 0.4) is 0 Å². The number of halogens is 3. The second-order valence-electron chi connectivity index (χ2n) is 4.76. The van der Waals surface area contributed by atoms with Crippen LogP contribution >= 0.6 is 11.3 Å². The quantitative estimate of drug-likeness (QED) is 0.769. The Morgan fingerprint density at radius 2 is 1.81 bits per heavy atom. The first kappa shape index (κ1) is 16.0. The molecule has 1 atom stereocenters. The SMILES string of the molecule is CCNC(CC)c1ccc(-c2ccccc2C(F)(F)F)s1. The molecule has 0 spiro atoms. The van der Waals surface area contributed by atoms with Crippen molar-refractivity contribution in [2.24, 2.45) is 0 Å². The predicted octanol–water partition coefficient (Wildman–Crippen LogP) is 5.49. The van der Waals surface area contributed by atoms with Gasteiger partial charge in [-0.2, -0.15) is 13.2 Å². The first-order valence-electron chi connectivity index (χ1n) is 6.97. The zero-order chi connectivity index (χ0) is 15.5. The Hall–Kier alpha value is -1.33. The maximum Gasteiger partial charge on any atom is 0.417 e. The Morgan fingerprint density at radius 1 is 1.10 bits per heavy atom. The maximum absolute atomic E-state index is 13.1. The van der Waals surface area contributed by atoms with Crippen LogP contribution in [0, 0.1) is 0 Å². The Balaban J connectivity index is 2.38. The molecule has 114 valence electrons. The molecule has 1 nitrogen and oxygen atoms in total. The van der Waals surface area contributed by atoms with Crippen molar-refractivity contribution in [1.29, 1.82) is 0 Å². The van der Waals surface area contributed by atoms with Crippen LogP contribution in [0.4, 0.5) is 13.2 Å². The molecule has 0 aliphatic rings. The van der Waals surface area contributed by atoms with Gasteiger partial charge in [0.15, 0.2) is 0 Å². The summed E-state index contributed by atoms with van der Waals surface area (Å²) in [5, 5.41) is 3.35. The number of thiophene rings is 1. The van der Waals surface area contributed by atoms with Gasteiger partial charge in [-0.05, 0) is 31.2 Å². The Bertz CT molecular complexity index is 589. The molecule has 0 fully saturated rings. The molecule has 0 saturated carbocycles. The van der Waals surface area contributed by atoms with Gasteiger partial charge >= 0.3 is 6.18 Å². The largest absolute Gasteiger partial charge is 0.417 e. The fraction of sp³-hybridized carbons (Fsp3) is 0.375. The van der Waals surface area contributed by atoms with Gasteiger partial charge in [-0.25, -0.2) is 0 Å². The second-order valence-corrected chi connectivity index (χ2v) is 5.88. The van der Waals surface area contributed by atoms with Crippen LogP contribution in [0.15, 0.2) is 36.4 Å². The van der Waals surface area contributed by atoms with E-state index in [0.717, 1.165) is 23.9 Å². The fourth-order valence-electron chi connectivity index (χ4n) is 2.32. The standard InChI is InChI=1S/C16H18F3NS/c1-3-13(20-4-2)15-10-9-14(21-15)11-7-5-6-8-12(11)16(17,18)19/h5-10,13,20H,3-4H2,1-2H3. The zero-order valence-corrected chi connectivity index (χ0v) is 12.8. The van der Waals surface area contributed by atoms with Gasteiger partial charge in [0.25, 0.3) is 0 Å². The third-order valence-corrected chi connectivity index (χ3v) is 4.56. The Labute approximate surface area is 126 Å². The minimum Gasteiger partial charge on any atom is -0.310 e. The van der Waals surface area contributed by atoms with Crippen molar-refractivity contribution in [3.63, 3.8) is 0 Å². The summed E-state index contributed by atoms with van der Waals surface area (Å²) in [5.74, 6) is 0. The average molecular weight is 313 g/mol. The third-order valence-electron chi connectivity index (χ3n) is 3.33. The topological polar surface area (TPSA) is 12.0 Å². The van der Waals surface area contributed by atoms with Crippen LogP contribution < -0.4 is 5.32 Å². The molecule has 2 rings (SSSR count). The normalized spacial score (nSPS) is 13.4. The smallest absolute Gasteiger partial charge is 0.310 e. The van der Waals surface area contributed by atoms with E-state index in [1.54, 1.807) is 12.1 Å². The summed E-state index contributed by atoms with van der Waals surface area (Å²) in [7, 11) is 0. The zero-order valence-electron chi connectivity index (χ0n) is 12.0. The fourth-order valence-corrected chi connectivity index (χ4v) is 3.53. The Morgan fingerprint density at radius 3 is 2.43 bits per heavy atom. The highest BCUT2D eigenvalue weighted by Gasteiger charge is 2.33. The summed E-state index contributed by atoms with van der Waals surface area (Å²) in [6.45, 7) is 4.93. The molecule has 1 heterocycles. The lowest BCUT2D eigenvalue weighted by Crippen LogP contribution is -2.18. The highest BCUT2D eigenvalue weighted by Crippen LogP contribution is 2.40. The molecule has 1 aromatic carbocycles. The van der Waals surface area contributed by atoms with E-state index in [9.17, 15) is 13.2 Å². The Kier molecular flexibility index (Phi) is 5.06. The van der Waals surface area contributed by atoms with E-state index in [-0.39, 0.29) is 11.6 Å². The second kappa shape index (κ2) is 6.62. The van der Waals surface area contributed by atoms with Crippen molar-refractivity contribution in [2.45, 2.75) is 32.5 Å².